The number of carbonyl (C=O) groups is 1. The van der Waals surface area contributed by atoms with Gasteiger partial charge in [-0.2, -0.15) is 0 Å². The van der Waals surface area contributed by atoms with Gasteiger partial charge in [-0.05, 0) is 35.0 Å². The van der Waals surface area contributed by atoms with E-state index < -0.39 is 0 Å². The van der Waals surface area contributed by atoms with Gasteiger partial charge in [0.15, 0.2) is 0 Å². The molecule has 0 saturated carbocycles. The van der Waals surface area contributed by atoms with Gasteiger partial charge in [0.25, 0.3) is 0 Å². The molecule has 3 rings (SSSR count). The maximum Gasteiger partial charge on any atom is 0.235 e. The molecule has 0 aliphatic carbocycles. The molecule has 0 spiro atoms. The van der Waals surface area contributed by atoms with Crippen molar-refractivity contribution in [2.24, 2.45) is 0 Å². The molecule has 4 heteroatoms. The average Bonchev–Trinajstić information content (AvgIpc) is 2.54. The Balaban J connectivity index is 1.62. The van der Waals surface area contributed by atoms with Crippen LogP contribution in [-0.2, 0) is 4.79 Å². The normalized spacial score (nSPS) is 10.5. The first-order valence-electron chi connectivity index (χ1n) is 6.64. The smallest absolute Gasteiger partial charge is 0.235 e. The van der Waals surface area contributed by atoms with Crippen molar-refractivity contribution < 1.29 is 4.79 Å². The second-order valence-electron chi connectivity index (χ2n) is 4.56. The van der Waals surface area contributed by atoms with Gasteiger partial charge in [-0.15, -0.1) is 11.8 Å². The highest BCUT2D eigenvalue weighted by molar-refractivity contribution is 8.00. The van der Waals surface area contributed by atoms with E-state index >= 15 is 0 Å². The monoisotopic (exact) mass is 294 g/mol. The summed E-state index contributed by atoms with van der Waals surface area (Å²) in [7, 11) is 0. The molecule has 0 unspecified atom stereocenters. The standard InChI is InChI=1S/C17H14N2OS/c20-17(19-16-7-3-4-10-18-16)12-21-15-9-8-13-5-1-2-6-14(13)11-15/h1-11H,12H2,(H,18,19,20). The summed E-state index contributed by atoms with van der Waals surface area (Å²) >= 11 is 1.52. The first-order valence-corrected chi connectivity index (χ1v) is 7.62. The highest BCUT2D eigenvalue weighted by Gasteiger charge is 2.04. The number of rotatable bonds is 4. The third kappa shape index (κ3) is 3.61. The summed E-state index contributed by atoms with van der Waals surface area (Å²) in [5.41, 5.74) is 0. The number of nitrogens with zero attached hydrogens (tertiary/aromatic N) is 1. The number of thioether (sulfide) groups is 1. The highest BCUT2D eigenvalue weighted by Crippen LogP contribution is 2.23. The minimum atomic E-state index is -0.0492. The Morgan fingerprint density at radius 3 is 2.62 bits per heavy atom. The number of amides is 1. The molecule has 3 aromatic rings. The van der Waals surface area contributed by atoms with E-state index in [-0.39, 0.29) is 5.91 Å². The van der Waals surface area contributed by atoms with E-state index in [1.54, 1.807) is 12.3 Å². The lowest BCUT2D eigenvalue weighted by atomic mass is 10.1. The van der Waals surface area contributed by atoms with Gasteiger partial charge in [0.1, 0.15) is 5.82 Å². The maximum atomic E-state index is 11.9. The van der Waals surface area contributed by atoms with Gasteiger partial charge >= 0.3 is 0 Å². The Morgan fingerprint density at radius 2 is 1.81 bits per heavy atom. The third-order valence-corrected chi connectivity index (χ3v) is 4.02. The van der Waals surface area contributed by atoms with E-state index in [9.17, 15) is 4.79 Å². The predicted molar refractivity (Wildman–Crippen MR) is 87.5 cm³/mol. The highest BCUT2D eigenvalue weighted by atomic mass is 32.2. The minimum absolute atomic E-state index is 0.0492. The van der Waals surface area contributed by atoms with Gasteiger partial charge in [0.2, 0.25) is 5.91 Å². The van der Waals surface area contributed by atoms with Gasteiger partial charge in [0.05, 0.1) is 5.75 Å². The number of pyridine rings is 1. The summed E-state index contributed by atoms with van der Waals surface area (Å²) in [6.07, 6.45) is 1.66. The summed E-state index contributed by atoms with van der Waals surface area (Å²) < 4.78 is 0. The lowest BCUT2D eigenvalue weighted by Crippen LogP contribution is -2.14. The van der Waals surface area contributed by atoms with Crippen molar-refractivity contribution in [3.05, 3.63) is 66.9 Å². The van der Waals surface area contributed by atoms with Crippen LogP contribution >= 0.6 is 11.8 Å². The molecule has 0 fully saturated rings. The fourth-order valence-electron chi connectivity index (χ4n) is 2.02. The molecule has 0 aliphatic heterocycles. The molecular formula is C17H14N2OS. The Hall–Kier alpha value is -2.33. The summed E-state index contributed by atoms with van der Waals surface area (Å²) in [6.45, 7) is 0. The number of hydrogen-bond acceptors (Lipinski definition) is 3. The van der Waals surface area contributed by atoms with Crippen LogP contribution in [0.5, 0.6) is 0 Å². The Labute approximate surface area is 127 Å². The second-order valence-corrected chi connectivity index (χ2v) is 5.61. The Kier molecular flexibility index (Phi) is 4.17. The maximum absolute atomic E-state index is 11.9. The quantitative estimate of drug-likeness (QED) is 0.740. The number of benzene rings is 2. The molecule has 1 heterocycles. The molecule has 1 N–H and O–H groups in total. The fourth-order valence-corrected chi connectivity index (χ4v) is 2.77. The van der Waals surface area contributed by atoms with Crippen molar-refractivity contribution >= 4 is 34.3 Å². The Morgan fingerprint density at radius 1 is 1.00 bits per heavy atom. The van der Waals surface area contributed by atoms with E-state index in [0.717, 1.165) is 4.90 Å². The van der Waals surface area contributed by atoms with E-state index in [1.165, 1.54) is 22.5 Å². The molecule has 0 bridgehead atoms. The number of anilines is 1. The van der Waals surface area contributed by atoms with Crippen LogP contribution in [0.2, 0.25) is 0 Å². The van der Waals surface area contributed by atoms with E-state index in [0.29, 0.717) is 11.6 Å². The number of carbonyl (C=O) groups excluding carboxylic acids is 1. The minimum Gasteiger partial charge on any atom is -0.310 e. The average molecular weight is 294 g/mol. The summed E-state index contributed by atoms with van der Waals surface area (Å²) in [5, 5.41) is 5.17. The molecular weight excluding hydrogens is 280 g/mol. The summed E-state index contributed by atoms with van der Waals surface area (Å²) in [6, 6.07) is 19.9. The molecule has 0 atom stereocenters. The van der Waals surface area contributed by atoms with Gasteiger partial charge in [-0.1, -0.05) is 36.4 Å². The lowest BCUT2D eigenvalue weighted by molar-refractivity contribution is -0.113. The van der Waals surface area contributed by atoms with Crippen molar-refractivity contribution in [2.45, 2.75) is 4.90 Å². The SMILES string of the molecule is O=C(CSc1ccc2ccccc2c1)Nc1ccccn1. The van der Waals surface area contributed by atoms with Crippen molar-refractivity contribution in [1.29, 1.82) is 0 Å². The second kappa shape index (κ2) is 6.41. The number of hydrogen-bond donors (Lipinski definition) is 1. The number of fused-ring (bicyclic) bond motifs is 1. The largest absolute Gasteiger partial charge is 0.310 e. The van der Waals surface area contributed by atoms with E-state index in [1.807, 2.05) is 30.3 Å². The van der Waals surface area contributed by atoms with Crippen LogP contribution in [0.15, 0.2) is 71.8 Å². The van der Waals surface area contributed by atoms with Crippen LogP contribution in [0.1, 0.15) is 0 Å². The molecule has 21 heavy (non-hydrogen) atoms. The predicted octanol–water partition coefficient (Wildman–Crippen LogP) is 3.97. The van der Waals surface area contributed by atoms with Crippen molar-refractivity contribution in [1.82, 2.24) is 4.98 Å². The molecule has 0 aliphatic rings. The zero-order chi connectivity index (χ0) is 14.5. The van der Waals surface area contributed by atoms with Crippen LogP contribution in [0.3, 0.4) is 0 Å². The van der Waals surface area contributed by atoms with Gasteiger partial charge in [-0.3, -0.25) is 4.79 Å². The first-order chi connectivity index (χ1) is 10.3. The molecule has 0 saturated heterocycles. The van der Waals surface area contributed by atoms with Crippen LogP contribution in [0.4, 0.5) is 5.82 Å². The van der Waals surface area contributed by atoms with Crippen LogP contribution < -0.4 is 5.32 Å². The zero-order valence-electron chi connectivity index (χ0n) is 11.3. The van der Waals surface area contributed by atoms with Crippen LogP contribution in [0.25, 0.3) is 10.8 Å². The lowest BCUT2D eigenvalue weighted by Gasteiger charge is -2.05. The van der Waals surface area contributed by atoms with Crippen molar-refractivity contribution in [2.75, 3.05) is 11.1 Å². The molecule has 3 nitrogen and oxygen atoms in total. The van der Waals surface area contributed by atoms with Gasteiger partial charge in [-0.25, -0.2) is 4.98 Å². The fraction of sp³-hybridized carbons (Fsp3) is 0.0588. The summed E-state index contributed by atoms with van der Waals surface area (Å²) in [5.74, 6) is 0.906. The summed E-state index contributed by atoms with van der Waals surface area (Å²) in [4.78, 5) is 17.0. The molecule has 0 radical (unpaired) electrons. The molecule has 2 aromatic carbocycles. The van der Waals surface area contributed by atoms with Crippen molar-refractivity contribution in [3.63, 3.8) is 0 Å². The van der Waals surface area contributed by atoms with Gasteiger partial charge in [0, 0.05) is 11.1 Å². The first kappa shape index (κ1) is 13.6. The molecule has 1 aromatic heterocycles. The zero-order valence-corrected chi connectivity index (χ0v) is 12.1. The van der Waals surface area contributed by atoms with E-state index in [2.05, 4.69) is 34.6 Å². The third-order valence-electron chi connectivity index (χ3n) is 3.02. The number of nitrogens with one attached hydrogen (secondary N) is 1. The molecule has 104 valence electrons. The number of aromatic nitrogens is 1. The topological polar surface area (TPSA) is 42.0 Å². The van der Waals surface area contributed by atoms with Crippen LogP contribution in [-0.4, -0.2) is 16.6 Å². The van der Waals surface area contributed by atoms with Gasteiger partial charge < -0.3 is 5.32 Å². The van der Waals surface area contributed by atoms with Crippen LogP contribution in [0, 0.1) is 0 Å². The van der Waals surface area contributed by atoms with E-state index in [4.69, 9.17) is 0 Å². The van der Waals surface area contributed by atoms with Crippen molar-refractivity contribution in [3.8, 4) is 0 Å². The Bertz CT molecular complexity index is 759. The molecule has 1 amide bonds.